The molecule has 0 bridgehead atoms. The molecule has 6 nitrogen and oxygen atoms in total. The van der Waals surface area contributed by atoms with Gasteiger partial charge < -0.3 is 20.7 Å². The van der Waals surface area contributed by atoms with Crippen LogP contribution in [0.15, 0.2) is 0 Å². The number of nitrogens with two attached hydrogens (primary N) is 1. The number of ether oxygens (including phenoxy) is 1. The molecule has 1 heterocycles. The van der Waals surface area contributed by atoms with Gasteiger partial charge in [-0.2, -0.15) is 0 Å². The maximum absolute atomic E-state index is 12.0. The van der Waals surface area contributed by atoms with Crippen LogP contribution in [-0.4, -0.2) is 55.1 Å². The molecule has 0 saturated carbocycles. The normalized spacial score (nSPS) is 21.3. The van der Waals surface area contributed by atoms with Crippen molar-refractivity contribution in [2.75, 3.05) is 26.2 Å². The number of rotatable bonds is 5. The maximum Gasteiger partial charge on any atom is 0.242 e. The Hall–Kier alpha value is -1.14. The fourth-order valence-electron chi connectivity index (χ4n) is 1.89. The van der Waals surface area contributed by atoms with Crippen LogP contribution < -0.4 is 11.1 Å². The second kappa shape index (κ2) is 7.45. The number of hydrogen-bond acceptors (Lipinski definition) is 4. The summed E-state index contributed by atoms with van der Waals surface area (Å²) in [4.78, 5) is 25.4. The van der Waals surface area contributed by atoms with Gasteiger partial charge in [0.2, 0.25) is 11.8 Å². The van der Waals surface area contributed by atoms with Crippen LogP contribution in [0.2, 0.25) is 0 Å². The number of amides is 2. The summed E-state index contributed by atoms with van der Waals surface area (Å²) in [5.74, 6) is -0.294. The van der Waals surface area contributed by atoms with Gasteiger partial charge in [-0.3, -0.25) is 9.59 Å². The van der Waals surface area contributed by atoms with Crippen LogP contribution in [0.3, 0.4) is 0 Å². The Morgan fingerprint density at radius 3 is 2.74 bits per heavy atom. The molecule has 1 saturated heterocycles. The Morgan fingerprint density at radius 1 is 1.47 bits per heavy atom. The van der Waals surface area contributed by atoms with Crippen molar-refractivity contribution in [1.82, 2.24) is 10.2 Å². The first-order valence-electron chi connectivity index (χ1n) is 6.88. The van der Waals surface area contributed by atoms with E-state index in [1.807, 2.05) is 20.8 Å². The first kappa shape index (κ1) is 15.9. The standard InChI is InChI=1S/C13H25N3O3/c1-4-10-8-16(5-6-19-10)11(17)7-15-13(18)12(14)9(2)3/h9-10,12H,4-8,14H2,1-3H3,(H,15,18)/t10?,12-/m0/s1. The van der Waals surface area contributed by atoms with Crippen LogP contribution in [0, 0.1) is 5.92 Å². The average molecular weight is 271 g/mol. The van der Waals surface area contributed by atoms with E-state index in [4.69, 9.17) is 10.5 Å². The summed E-state index contributed by atoms with van der Waals surface area (Å²) in [6.07, 6.45) is 0.986. The van der Waals surface area contributed by atoms with Crippen LogP contribution in [0.1, 0.15) is 27.2 Å². The van der Waals surface area contributed by atoms with Crippen molar-refractivity contribution in [3.63, 3.8) is 0 Å². The molecule has 0 aromatic heterocycles. The molecule has 2 atom stereocenters. The number of nitrogens with one attached hydrogen (secondary N) is 1. The Morgan fingerprint density at radius 2 is 2.16 bits per heavy atom. The van der Waals surface area contributed by atoms with Crippen molar-refractivity contribution < 1.29 is 14.3 Å². The zero-order valence-corrected chi connectivity index (χ0v) is 12.0. The lowest BCUT2D eigenvalue weighted by molar-refractivity contribution is -0.139. The van der Waals surface area contributed by atoms with Gasteiger partial charge in [0.25, 0.3) is 0 Å². The van der Waals surface area contributed by atoms with E-state index in [0.29, 0.717) is 19.7 Å². The molecule has 6 heteroatoms. The van der Waals surface area contributed by atoms with Gasteiger partial charge in [0, 0.05) is 13.1 Å². The van der Waals surface area contributed by atoms with E-state index >= 15 is 0 Å². The van der Waals surface area contributed by atoms with Gasteiger partial charge in [-0.05, 0) is 12.3 Å². The van der Waals surface area contributed by atoms with Crippen LogP contribution in [0.25, 0.3) is 0 Å². The second-order valence-electron chi connectivity index (χ2n) is 5.23. The maximum atomic E-state index is 12.0. The van der Waals surface area contributed by atoms with Crippen LogP contribution in [-0.2, 0) is 14.3 Å². The molecular weight excluding hydrogens is 246 g/mol. The van der Waals surface area contributed by atoms with E-state index in [9.17, 15) is 9.59 Å². The molecule has 3 N–H and O–H groups in total. The smallest absolute Gasteiger partial charge is 0.242 e. The summed E-state index contributed by atoms with van der Waals surface area (Å²) in [5, 5.41) is 2.60. The van der Waals surface area contributed by atoms with E-state index < -0.39 is 6.04 Å². The Labute approximate surface area is 114 Å². The lowest BCUT2D eigenvalue weighted by atomic mass is 10.1. The predicted molar refractivity (Wildman–Crippen MR) is 72.4 cm³/mol. The Kier molecular flexibility index (Phi) is 6.24. The van der Waals surface area contributed by atoms with Crippen molar-refractivity contribution in [2.24, 2.45) is 11.7 Å². The zero-order chi connectivity index (χ0) is 14.4. The van der Waals surface area contributed by atoms with Crippen molar-refractivity contribution in [3.8, 4) is 0 Å². The SMILES string of the molecule is CCC1CN(C(=O)CNC(=O)[C@@H](N)C(C)C)CCO1. The third-order valence-electron chi connectivity index (χ3n) is 3.38. The van der Waals surface area contributed by atoms with Gasteiger partial charge >= 0.3 is 0 Å². The van der Waals surface area contributed by atoms with Crippen LogP contribution in [0.5, 0.6) is 0 Å². The summed E-state index contributed by atoms with van der Waals surface area (Å²) in [5.41, 5.74) is 5.71. The quantitative estimate of drug-likeness (QED) is 0.720. The predicted octanol–water partition coefficient (Wildman–Crippen LogP) is -0.277. The highest BCUT2D eigenvalue weighted by molar-refractivity contribution is 5.87. The molecule has 2 amide bonds. The molecule has 0 radical (unpaired) electrons. The molecular formula is C13H25N3O3. The van der Waals surface area contributed by atoms with Gasteiger partial charge in [-0.1, -0.05) is 20.8 Å². The third-order valence-corrected chi connectivity index (χ3v) is 3.38. The van der Waals surface area contributed by atoms with Gasteiger partial charge in [0.05, 0.1) is 25.3 Å². The first-order chi connectivity index (χ1) is 8.95. The molecule has 1 unspecified atom stereocenters. The fourth-order valence-corrected chi connectivity index (χ4v) is 1.89. The van der Waals surface area contributed by atoms with Crippen molar-refractivity contribution in [2.45, 2.75) is 39.3 Å². The second-order valence-corrected chi connectivity index (χ2v) is 5.23. The third kappa shape index (κ3) is 4.80. The molecule has 19 heavy (non-hydrogen) atoms. The topological polar surface area (TPSA) is 84.7 Å². The molecule has 0 spiro atoms. The summed E-state index contributed by atoms with van der Waals surface area (Å²) in [6, 6.07) is -0.569. The lowest BCUT2D eigenvalue weighted by Crippen LogP contribution is -2.51. The highest BCUT2D eigenvalue weighted by Crippen LogP contribution is 2.08. The van der Waals surface area contributed by atoms with E-state index in [1.165, 1.54) is 0 Å². The molecule has 0 aromatic rings. The minimum atomic E-state index is -0.569. The molecule has 1 rings (SSSR count). The molecule has 1 fully saturated rings. The van der Waals surface area contributed by atoms with Gasteiger partial charge in [0.1, 0.15) is 0 Å². The minimum absolute atomic E-state index is 0.00961. The molecule has 1 aliphatic rings. The largest absolute Gasteiger partial charge is 0.375 e. The highest BCUT2D eigenvalue weighted by atomic mass is 16.5. The van der Waals surface area contributed by atoms with Crippen molar-refractivity contribution in [3.05, 3.63) is 0 Å². The van der Waals surface area contributed by atoms with E-state index in [2.05, 4.69) is 5.32 Å². The monoisotopic (exact) mass is 271 g/mol. The molecule has 110 valence electrons. The fraction of sp³-hybridized carbons (Fsp3) is 0.846. The van der Waals surface area contributed by atoms with Gasteiger partial charge in [-0.15, -0.1) is 0 Å². The van der Waals surface area contributed by atoms with Crippen molar-refractivity contribution >= 4 is 11.8 Å². The number of nitrogens with zero attached hydrogens (tertiary/aromatic N) is 1. The minimum Gasteiger partial charge on any atom is -0.375 e. The number of carbonyl (C=O) groups excluding carboxylic acids is 2. The number of morpholine rings is 1. The number of hydrogen-bond donors (Lipinski definition) is 2. The van der Waals surface area contributed by atoms with Crippen molar-refractivity contribution in [1.29, 1.82) is 0 Å². The summed E-state index contributed by atoms with van der Waals surface area (Å²) >= 11 is 0. The first-order valence-corrected chi connectivity index (χ1v) is 6.88. The van der Waals surface area contributed by atoms with Crippen LogP contribution >= 0.6 is 0 Å². The van der Waals surface area contributed by atoms with E-state index in [-0.39, 0.29) is 30.4 Å². The van der Waals surface area contributed by atoms with Crippen LogP contribution in [0.4, 0.5) is 0 Å². The zero-order valence-electron chi connectivity index (χ0n) is 12.0. The Balaban J connectivity index is 2.36. The lowest BCUT2D eigenvalue weighted by Gasteiger charge is -2.32. The molecule has 1 aliphatic heterocycles. The van der Waals surface area contributed by atoms with E-state index in [1.54, 1.807) is 4.90 Å². The summed E-state index contributed by atoms with van der Waals surface area (Å²) in [6.45, 7) is 7.53. The van der Waals surface area contributed by atoms with E-state index in [0.717, 1.165) is 6.42 Å². The number of carbonyl (C=O) groups is 2. The molecule has 0 aliphatic carbocycles. The average Bonchev–Trinajstić information content (AvgIpc) is 2.43. The molecule has 0 aromatic carbocycles. The highest BCUT2D eigenvalue weighted by Gasteiger charge is 2.24. The summed E-state index contributed by atoms with van der Waals surface area (Å²) < 4.78 is 5.50. The Bertz CT molecular complexity index is 320. The summed E-state index contributed by atoms with van der Waals surface area (Å²) in [7, 11) is 0. The van der Waals surface area contributed by atoms with Gasteiger partial charge in [-0.25, -0.2) is 0 Å². The van der Waals surface area contributed by atoms with Gasteiger partial charge in [0.15, 0.2) is 0 Å².